The summed E-state index contributed by atoms with van der Waals surface area (Å²) in [5, 5.41) is 5.43. The molecule has 0 aliphatic carbocycles. The molecule has 0 unspecified atom stereocenters. The van der Waals surface area contributed by atoms with Crippen molar-refractivity contribution in [2.24, 2.45) is 0 Å². The number of likely N-dealkylation sites (tertiary alicyclic amines) is 1. The highest BCUT2D eigenvalue weighted by Crippen LogP contribution is 2.17. The van der Waals surface area contributed by atoms with Gasteiger partial charge in [0.2, 0.25) is 17.7 Å². The summed E-state index contributed by atoms with van der Waals surface area (Å²) in [7, 11) is 0. The van der Waals surface area contributed by atoms with Gasteiger partial charge in [0.05, 0.1) is 0 Å². The van der Waals surface area contributed by atoms with Crippen molar-refractivity contribution >= 4 is 17.7 Å². The third-order valence-corrected chi connectivity index (χ3v) is 3.35. The van der Waals surface area contributed by atoms with Gasteiger partial charge in [-0.2, -0.15) is 0 Å². The van der Waals surface area contributed by atoms with Gasteiger partial charge in [0, 0.05) is 20.0 Å². The first-order chi connectivity index (χ1) is 10.0. The molecule has 1 heterocycles. The number of nitrogens with one attached hydrogen (secondary N) is 2. The molecule has 21 heavy (non-hydrogen) atoms. The third-order valence-electron chi connectivity index (χ3n) is 3.35. The van der Waals surface area contributed by atoms with Crippen molar-refractivity contribution in [1.29, 1.82) is 0 Å². The molecule has 2 atom stereocenters. The number of hydrogen-bond acceptors (Lipinski definition) is 3. The van der Waals surface area contributed by atoms with Crippen molar-refractivity contribution in [3.8, 4) is 0 Å². The van der Waals surface area contributed by atoms with E-state index in [-0.39, 0.29) is 17.7 Å². The van der Waals surface area contributed by atoms with Gasteiger partial charge in [-0.1, -0.05) is 20.8 Å². The second-order valence-electron chi connectivity index (χ2n) is 4.73. The van der Waals surface area contributed by atoms with E-state index in [1.165, 1.54) is 6.92 Å². The molecule has 122 valence electrons. The first-order valence-electron chi connectivity index (χ1n) is 7.86. The van der Waals surface area contributed by atoms with E-state index in [1.807, 2.05) is 27.7 Å². The molecule has 1 aliphatic heterocycles. The largest absolute Gasteiger partial charge is 0.355 e. The highest BCUT2D eigenvalue weighted by molar-refractivity contribution is 5.92. The van der Waals surface area contributed by atoms with Crippen LogP contribution in [0.1, 0.15) is 53.9 Å². The normalized spacial score (nSPS) is 18.3. The molecular weight excluding hydrogens is 270 g/mol. The Morgan fingerprint density at radius 3 is 2.33 bits per heavy atom. The summed E-state index contributed by atoms with van der Waals surface area (Å²) in [5.74, 6) is -0.500. The van der Waals surface area contributed by atoms with Gasteiger partial charge in [-0.25, -0.2) is 0 Å². The number of nitrogens with zero attached hydrogens (tertiary/aromatic N) is 1. The van der Waals surface area contributed by atoms with Crippen molar-refractivity contribution in [3.63, 3.8) is 0 Å². The van der Waals surface area contributed by atoms with Crippen LogP contribution in [0.3, 0.4) is 0 Å². The van der Waals surface area contributed by atoms with E-state index in [1.54, 1.807) is 4.90 Å². The lowest BCUT2D eigenvalue weighted by Gasteiger charge is -2.24. The summed E-state index contributed by atoms with van der Waals surface area (Å²) in [6, 6.07) is -0.956. The molecule has 1 rings (SSSR count). The molecule has 1 saturated heterocycles. The number of likely N-dealkylation sites (N-methyl/N-ethyl adjacent to an activating group) is 1. The Balaban J connectivity index is 0.00000191. The molecule has 3 amide bonds. The minimum absolute atomic E-state index is 0.0938. The Kier molecular flexibility index (Phi) is 9.41. The number of hydrogen-bond donors (Lipinski definition) is 2. The maximum atomic E-state index is 12.2. The predicted molar refractivity (Wildman–Crippen MR) is 82.7 cm³/mol. The highest BCUT2D eigenvalue weighted by Gasteiger charge is 2.33. The Hall–Kier alpha value is -1.59. The molecule has 0 saturated carbocycles. The van der Waals surface area contributed by atoms with Crippen LogP contribution in [0.5, 0.6) is 0 Å². The number of carbonyl (C=O) groups is 3. The zero-order valence-electron chi connectivity index (χ0n) is 13.9. The molecule has 0 aromatic rings. The molecule has 2 N–H and O–H groups in total. The summed E-state index contributed by atoms with van der Waals surface area (Å²) in [4.78, 5) is 36.9. The van der Waals surface area contributed by atoms with Crippen molar-refractivity contribution < 1.29 is 14.4 Å². The Labute approximate surface area is 127 Å². The molecule has 1 aliphatic rings. The van der Waals surface area contributed by atoms with Crippen molar-refractivity contribution in [1.82, 2.24) is 15.5 Å². The van der Waals surface area contributed by atoms with Gasteiger partial charge in [-0.05, 0) is 26.2 Å². The van der Waals surface area contributed by atoms with E-state index in [4.69, 9.17) is 0 Å². The van der Waals surface area contributed by atoms with E-state index in [9.17, 15) is 14.4 Å². The van der Waals surface area contributed by atoms with E-state index in [0.717, 1.165) is 6.42 Å². The summed E-state index contributed by atoms with van der Waals surface area (Å²) in [6.45, 7) is 10.3. The van der Waals surface area contributed by atoms with Crippen LogP contribution in [0, 0.1) is 0 Å². The lowest BCUT2D eigenvalue weighted by atomic mass is 10.1. The van der Waals surface area contributed by atoms with Crippen LogP contribution in [0.2, 0.25) is 0 Å². The third kappa shape index (κ3) is 5.73. The summed E-state index contributed by atoms with van der Waals surface area (Å²) >= 11 is 0. The lowest BCUT2D eigenvalue weighted by Crippen LogP contribution is -2.52. The first kappa shape index (κ1) is 19.4. The molecule has 0 aromatic carbocycles. The van der Waals surface area contributed by atoms with Crippen LogP contribution in [0.25, 0.3) is 0 Å². The highest BCUT2D eigenvalue weighted by atomic mass is 16.2. The second-order valence-corrected chi connectivity index (χ2v) is 4.73. The number of amides is 3. The molecule has 6 heteroatoms. The van der Waals surface area contributed by atoms with Gasteiger partial charge in [0.15, 0.2) is 0 Å². The van der Waals surface area contributed by atoms with Gasteiger partial charge in [0.25, 0.3) is 0 Å². The summed E-state index contributed by atoms with van der Waals surface area (Å²) in [5.41, 5.74) is 0. The molecule has 0 bridgehead atoms. The monoisotopic (exact) mass is 299 g/mol. The quantitative estimate of drug-likeness (QED) is 0.796. The van der Waals surface area contributed by atoms with E-state index >= 15 is 0 Å². The maximum Gasteiger partial charge on any atom is 0.243 e. The molecule has 1 fully saturated rings. The van der Waals surface area contributed by atoms with E-state index in [2.05, 4.69) is 10.6 Å². The smallest absolute Gasteiger partial charge is 0.243 e. The van der Waals surface area contributed by atoms with Gasteiger partial charge < -0.3 is 15.5 Å². The minimum Gasteiger partial charge on any atom is -0.355 e. The van der Waals surface area contributed by atoms with Crippen LogP contribution in [-0.2, 0) is 14.4 Å². The predicted octanol–water partition coefficient (Wildman–Crippen LogP) is 1.05. The maximum absolute atomic E-state index is 12.2. The van der Waals surface area contributed by atoms with Gasteiger partial charge >= 0.3 is 0 Å². The van der Waals surface area contributed by atoms with Crippen molar-refractivity contribution in [2.75, 3.05) is 13.1 Å². The van der Waals surface area contributed by atoms with Crippen LogP contribution in [-0.4, -0.2) is 47.8 Å². The molecule has 0 radical (unpaired) electrons. The fourth-order valence-electron chi connectivity index (χ4n) is 2.33. The summed E-state index contributed by atoms with van der Waals surface area (Å²) in [6.07, 6.45) is 2.03. The van der Waals surface area contributed by atoms with Crippen molar-refractivity contribution in [2.45, 2.75) is 66.0 Å². The standard InChI is InChI=1S/C13H23N3O3.C2H6/c1-4-10(12(18)14-5-2)15-13(19)11-7-6-8-16(11)9(3)17;1-2/h10-11H,4-8H2,1-3H3,(H,14,18)(H,15,19);1-2H3/t10-,11-;/m0./s1. The zero-order chi connectivity index (χ0) is 16.4. The van der Waals surface area contributed by atoms with Gasteiger partial charge in [-0.3, -0.25) is 14.4 Å². The van der Waals surface area contributed by atoms with Gasteiger partial charge in [-0.15, -0.1) is 0 Å². The molecule has 0 spiro atoms. The van der Waals surface area contributed by atoms with Gasteiger partial charge in [0.1, 0.15) is 12.1 Å². The average molecular weight is 299 g/mol. The molecule has 6 nitrogen and oxygen atoms in total. The van der Waals surface area contributed by atoms with Crippen LogP contribution < -0.4 is 10.6 Å². The van der Waals surface area contributed by atoms with Crippen LogP contribution >= 0.6 is 0 Å². The van der Waals surface area contributed by atoms with E-state index < -0.39 is 12.1 Å². The topological polar surface area (TPSA) is 78.5 Å². The molecular formula is C15H29N3O3. The fourth-order valence-corrected chi connectivity index (χ4v) is 2.33. The van der Waals surface area contributed by atoms with Crippen LogP contribution in [0.4, 0.5) is 0 Å². The second kappa shape index (κ2) is 10.2. The number of carbonyl (C=O) groups excluding carboxylic acids is 3. The average Bonchev–Trinajstić information content (AvgIpc) is 2.96. The Bertz CT molecular complexity index is 358. The first-order valence-corrected chi connectivity index (χ1v) is 7.86. The number of rotatable bonds is 5. The minimum atomic E-state index is -0.526. The fraction of sp³-hybridized carbons (Fsp3) is 0.800. The SMILES string of the molecule is CC.CCNC(=O)[C@H](CC)NC(=O)[C@@H]1CCCN1C(C)=O. The Morgan fingerprint density at radius 1 is 1.24 bits per heavy atom. The molecule has 0 aromatic heterocycles. The van der Waals surface area contributed by atoms with E-state index in [0.29, 0.717) is 25.9 Å². The van der Waals surface area contributed by atoms with Crippen molar-refractivity contribution in [3.05, 3.63) is 0 Å². The Morgan fingerprint density at radius 2 is 1.86 bits per heavy atom. The lowest BCUT2D eigenvalue weighted by molar-refractivity contribution is -0.138. The summed E-state index contributed by atoms with van der Waals surface area (Å²) < 4.78 is 0. The van der Waals surface area contributed by atoms with Crippen LogP contribution in [0.15, 0.2) is 0 Å². The zero-order valence-corrected chi connectivity index (χ0v) is 13.9.